The number of halogens is 2. The Balaban J connectivity index is 0.00000180. The average molecular weight is 298 g/mol. The van der Waals surface area contributed by atoms with E-state index in [2.05, 4.69) is 4.98 Å². The first-order valence-electron chi connectivity index (χ1n) is 5.12. The van der Waals surface area contributed by atoms with Crippen LogP contribution in [0.5, 0.6) is 0 Å². The van der Waals surface area contributed by atoms with Crippen molar-refractivity contribution in [1.29, 1.82) is 0 Å². The SMILES string of the molecule is Cl.Nc1nc(=O)n([C@@H]2O[C@H](CO)[C@@H](O)[C@H]2O)cc1F. The van der Waals surface area contributed by atoms with E-state index in [1.165, 1.54) is 0 Å². The third-order valence-corrected chi connectivity index (χ3v) is 2.73. The number of nitrogens with zero attached hydrogens (tertiary/aromatic N) is 2. The molecule has 1 aromatic rings. The van der Waals surface area contributed by atoms with Crippen LogP contribution in [-0.2, 0) is 4.74 Å². The predicted octanol–water partition coefficient (Wildman–Crippen LogP) is -2.00. The molecule has 0 bridgehead atoms. The fourth-order valence-corrected chi connectivity index (χ4v) is 1.75. The first-order chi connectivity index (χ1) is 8.45. The third-order valence-electron chi connectivity index (χ3n) is 2.73. The molecule has 0 spiro atoms. The summed E-state index contributed by atoms with van der Waals surface area (Å²) in [7, 11) is 0. The number of rotatable bonds is 2. The molecule has 10 heteroatoms. The highest BCUT2D eigenvalue weighted by atomic mass is 35.5. The number of aromatic nitrogens is 2. The second-order valence-electron chi connectivity index (χ2n) is 3.89. The third kappa shape index (κ3) is 2.69. The van der Waals surface area contributed by atoms with Crippen molar-refractivity contribution in [3.8, 4) is 0 Å². The van der Waals surface area contributed by atoms with E-state index in [0.29, 0.717) is 4.57 Å². The summed E-state index contributed by atoms with van der Waals surface area (Å²) in [6.45, 7) is -0.547. The molecule has 108 valence electrons. The van der Waals surface area contributed by atoms with Gasteiger partial charge in [-0.25, -0.2) is 9.18 Å². The van der Waals surface area contributed by atoms with Gasteiger partial charge in [0.25, 0.3) is 0 Å². The summed E-state index contributed by atoms with van der Waals surface area (Å²) in [5.41, 5.74) is 4.18. The van der Waals surface area contributed by atoms with Crippen molar-refractivity contribution in [1.82, 2.24) is 9.55 Å². The molecule has 2 heterocycles. The molecule has 1 fully saturated rings. The van der Waals surface area contributed by atoms with Gasteiger partial charge >= 0.3 is 5.69 Å². The lowest BCUT2D eigenvalue weighted by Crippen LogP contribution is -2.36. The number of hydrogen-bond acceptors (Lipinski definition) is 7. The highest BCUT2D eigenvalue weighted by molar-refractivity contribution is 5.85. The van der Waals surface area contributed by atoms with Crippen LogP contribution in [-0.4, -0.2) is 49.8 Å². The summed E-state index contributed by atoms with van der Waals surface area (Å²) in [5.74, 6) is -1.52. The average Bonchev–Trinajstić information content (AvgIpc) is 2.61. The van der Waals surface area contributed by atoms with Crippen LogP contribution < -0.4 is 11.4 Å². The topological polar surface area (TPSA) is 131 Å². The lowest BCUT2D eigenvalue weighted by molar-refractivity contribution is -0.0553. The molecule has 1 aromatic heterocycles. The monoisotopic (exact) mass is 297 g/mol. The molecule has 5 N–H and O–H groups in total. The van der Waals surface area contributed by atoms with Gasteiger partial charge in [-0.3, -0.25) is 4.57 Å². The molecule has 0 aliphatic carbocycles. The first-order valence-corrected chi connectivity index (χ1v) is 5.12. The maximum atomic E-state index is 13.2. The second-order valence-corrected chi connectivity index (χ2v) is 3.89. The summed E-state index contributed by atoms with van der Waals surface area (Å²) in [4.78, 5) is 14.7. The Morgan fingerprint density at radius 1 is 1.47 bits per heavy atom. The minimum atomic E-state index is -1.48. The van der Waals surface area contributed by atoms with E-state index in [1.54, 1.807) is 0 Å². The lowest BCUT2D eigenvalue weighted by Gasteiger charge is -2.17. The van der Waals surface area contributed by atoms with Crippen LogP contribution in [0, 0.1) is 5.82 Å². The molecule has 2 rings (SSSR count). The summed E-state index contributed by atoms with van der Waals surface area (Å²) >= 11 is 0. The summed E-state index contributed by atoms with van der Waals surface area (Å²) in [6, 6.07) is 0. The van der Waals surface area contributed by atoms with Gasteiger partial charge in [0.15, 0.2) is 17.9 Å². The fraction of sp³-hybridized carbons (Fsp3) is 0.556. The van der Waals surface area contributed by atoms with Crippen molar-refractivity contribution < 1.29 is 24.4 Å². The molecule has 0 saturated carbocycles. The van der Waals surface area contributed by atoms with Crippen LogP contribution in [0.1, 0.15) is 6.23 Å². The summed E-state index contributed by atoms with van der Waals surface area (Å²) < 4.78 is 19.0. The molecular formula is C9H13ClFN3O5. The van der Waals surface area contributed by atoms with Gasteiger partial charge in [0.1, 0.15) is 18.3 Å². The zero-order chi connectivity index (χ0) is 13.4. The van der Waals surface area contributed by atoms with Crippen molar-refractivity contribution in [2.75, 3.05) is 12.3 Å². The largest absolute Gasteiger partial charge is 0.394 e. The molecule has 8 nitrogen and oxygen atoms in total. The molecule has 1 aliphatic rings. The van der Waals surface area contributed by atoms with Crippen LogP contribution in [0.4, 0.5) is 10.2 Å². The zero-order valence-electron chi connectivity index (χ0n) is 9.51. The van der Waals surface area contributed by atoms with Crippen molar-refractivity contribution >= 4 is 18.2 Å². The zero-order valence-corrected chi connectivity index (χ0v) is 10.3. The molecule has 1 aliphatic heterocycles. The molecule has 1 saturated heterocycles. The van der Waals surface area contributed by atoms with Gasteiger partial charge in [0.2, 0.25) is 0 Å². The maximum Gasteiger partial charge on any atom is 0.351 e. The Morgan fingerprint density at radius 3 is 2.63 bits per heavy atom. The van der Waals surface area contributed by atoms with E-state index in [1.807, 2.05) is 0 Å². The van der Waals surface area contributed by atoms with Gasteiger partial charge in [0.05, 0.1) is 12.8 Å². The Morgan fingerprint density at radius 2 is 2.11 bits per heavy atom. The van der Waals surface area contributed by atoms with Gasteiger partial charge in [-0.05, 0) is 0 Å². The quantitative estimate of drug-likeness (QED) is 0.496. The number of ether oxygens (including phenoxy) is 1. The number of anilines is 1. The molecule has 0 unspecified atom stereocenters. The van der Waals surface area contributed by atoms with Crippen molar-refractivity contribution in [3.05, 3.63) is 22.5 Å². The maximum absolute atomic E-state index is 13.2. The van der Waals surface area contributed by atoms with Crippen molar-refractivity contribution in [2.45, 2.75) is 24.5 Å². The molecule has 4 atom stereocenters. The lowest BCUT2D eigenvalue weighted by atomic mass is 10.1. The van der Waals surface area contributed by atoms with E-state index >= 15 is 0 Å². The van der Waals surface area contributed by atoms with E-state index < -0.39 is 48.5 Å². The number of hydrogen-bond donors (Lipinski definition) is 4. The smallest absolute Gasteiger partial charge is 0.351 e. The van der Waals surface area contributed by atoms with Gasteiger partial charge in [-0.1, -0.05) is 0 Å². The van der Waals surface area contributed by atoms with Gasteiger partial charge in [-0.15, -0.1) is 12.4 Å². The Bertz CT molecular complexity index is 513. The first kappa shape index (κ1) is 15.8. The van der Waals surface area contributed by atoms with Crippen LogP contribution in [0.2, 0.25) is 0 Å². The van der Waals surface area contributed by atoms with E-state index in [9.17, 15) is 19.4 Å². The van der Waals surface area contributed by atoms with Crippen LogP contribution in [0.25, 0.3) is 0 Å². The van der Waals surface area contributed by atoms with Crippen LogP contribution in [0.3, 0.4) is 0 Å². The number of nitrogens with two attached hydrogens (primary N) is 1. The number of aliphatic hydroxyl groups is 3. The fourth-order valence-electron chi connectivity index (χ4n) is 1.75. The minimum Gasteiger partial charge on any atom is -0.394 e. The Labute approximate surface area is 112 Å². The second kappa shape index (κ2) is 5.80. The number of nitrogen functional groups attached to an aromatic ring is 1. The molecule has 0 amide bonds. The number of aliphatic hydroxyl groups excluding tert-OH is 3. The predicted molar refractivity (Wildman–Crippen MR) is 63.1 cm³/mol. The van der Waals surface area contributed by atoms with Crippen LogP contribution in [0.15, 0.2) is 11.0 Å². The van der Waals surface area contributed by atoms with Crippen molar-refractivity contribution in [2.24, 2.45) is 0 Å². The summed E-state index contributed by atoms with van der Waals surface area (Å²) in [5, 5.41) is 28.1. The van der Waals surface area contributed by atoms with Crippen molar-refractivity contribution in [3.63, 3.8) is 0 Å². The molecule has 0 aromatic carbocycles. The molecular weight excluding hydrogens is 285 g/mol. The highest BCUT2D eigenvalue weighted by Gasteiger charge is 2.43. The van der Waals surface area contributed by atoms with E-state index in [-0.39, 0.29) is 12.4 Å². The van der Waals surface area contributed by atoms with Gasteiger partial charge < -0.3 is 25.8 Å². The normalized spacial score (nSPS) is 30.1. The summed E-state index contributed by atoms with van der Waals surface area (Å²) in [6.07, 6.45) is -4.52. The Hall–Kier alpha value is -1.26. The Kier molecular flexibility index (Phi) is 4.82. The molecule has 19 heavy (non-hydrogen) atoms. The van der Waals surface area contributed by atoms with E-state index in [0.717, 1.165) is 6.20 Å². The van der Waals surface area contributed by atoms with E-state index in [4.69, 9.17) is 15.6 Å². The van der Waals surface area contributed by atoms with Gasteiger partial charge in [-0.2, -0.15) is 4.98 Å². The minimum absolute atomic E-state index is 0. The standard InChI is InChI=1S/C9H12FN3O5.ClH/c10-3-1-13(9(17)12-7(3)11)8-6(16)5(15)4(2-14)18-8;/h1,4-6,8,14-16H,2H2,(H2,11,12,17);1H/t4-,5-,6-,8-;/m1./s1. The van der Waals surface area contributed by atoms with Gasteiger partial charge in [0, 0.05) is 0 Å². The van der Waals surface area contributed by atoms with Crippen LogP contribution >= 0.6 is 12.4 Å². The highest BCUT2D eigenvalue weighted by Crippen LogP contribution is 2.28. The molecule has 0 radical (unpaired) electrons.